The lowest BCUT2D eigenvalue weighted by Crippen LogP contribution is -2.29. The van der Waals surface area contributed by atoms with Crippen molar-refractivity contribution in [1.82, 2.24) is 0 Å². The first-order valence-electron chi connectivity index (χ1n) is 5.31. The van der Waals surface area contributed by atoms with E-state index < -0.39 is 7.12 Å². The van der Waals surface area contributed by atoms with Crippen LogP contribution in [0.25, 0.3) is 0 Å². The fourth-order valence-electron chi connectivity index (χ4n) is 1.51. The van der Waals surface area contributed by atoms with Crippen LogP contribution in [-0.4, -0.2) is 17.2 Å². The van der Waals surface area contributed by atoms with Gasteiger partial charge in [0.2, 0.25) is 0 Å². The molecule has 1 aromatic heterocycles. The van der Waals surface area contributed by atoms with E-state index in [0.29, 0.717) is 18.7 Å². The van der Waals surface area contributed by atoms with Crippen molar-refractivity contribution in [3.63, 3.8) is 0 Å². The summed E-state index contributed by atoms with van der Waals surface area (Å²) >= 11 is 1.66. The van der Waals surface area contributed by atoms with E-state index in [2.05, 4.69) is 0 Å². The highest BCUT2D eigenvalue weighted by molar-refractivity contribution is 7.09. The Labute approximate surface area is 104 Å². The van der Waals surface area contributed by atoms with Crippen molar-refractivity contribution in [2.75, 3.05) is 0 Å². The van der Waals surface area contributed by atoms with Gasteiger partial charge in [-0.15, -0.1) is 11.3 Å². The summed E-state index contributed by atoms with van der Waals surface area (Å²) in [6.45, 7) is 1.06. The molecule has 0 unspecified atom stereocenters. The summed E-state index contributed by atoms with van der Waals surface area (Å²) in [5.41, 5.74) is 1.43. The fraction of sp³-hybridized carbons (Fsp3) is 0.167. The summed E-state index contributed by atoms with van der Waals surface area (Å²) in [4.78, 5) is 1.18. The van der Waals surface area contributed by atoms with Gasteiger partial charge in [0, 0.05) is 4.88 Å². The van der Waals surface area contributed by atoms with Crippen molar-refractivity contribution in [1.29, 1.82) is 0 Å². The Bertz CT molecular complexity index is 457. The Kier molecular flexibility index (Phi) is 4.33. The van der Waals surface area contributed by atoms with Crippen molar-refractivity contribution < 1.29 is 14.8 Å². The number of rotatable bonds is 5. The third-order valence-corrected chi connectivity index (χ3v) is 3.19. The molecule has 0 aliphatic rings. The lowest BCUT2D eigenvalue weighted by atomic mass is 9.80. The van der Waals surface area contributed by atoms with Crippen molar-refractivity contribution in [3.8, 4) is 0 Å². The summed E-state index contributed by atoms with van der Waals surface area (Å²) in [6.07, 6.45) is 0. The number of hydrogen-bond donors (Lipinski definition) is 2. The van der Waals surface area contributed by atoms with E-state index >= 15 is 0 Å². The molecule has 1 aromatic carbocycles. The fourth-order valence-corrected chi connectivity index (χ4v) is 2.15. The second kappa shape index (κ2) is 5.98. The van der Waals surface area contributed by atoms with Crippen LogP contribution in [-0.2, 0) is 18.0 Å². The van der Waals surface area contributed by atoms with Gasteiger partial charge < -0.3 is 14.8 Å². The minimum atomic E-state index is -1.42. The Hall–Kier alpha value is -1.14. The highest BCUT2D eigenvalue weighted by atomic mass is 32.1. The highest BCUT2D eigenvalue weighted by Crippen LogP contribution is 2.11. The average molecular weight is 248 g/mol. The van der Waals surface area contributed by atoms with E-state index in [-0.39, 0.29) is 0 Å². The molecule has 0 aliphatic heterocycles. The molecule has 17 heavy (non-hydrogen) atoms. The topological polar surface area (TPSA) is 49.7 Å². The molecule has 88 valence electrons. The standard InChI is InChI=1S/C12H13BO3S/c14-13(15)11-4-1-3-10(7-11)8-16-9-12-5-2-6-17-12/h1-7,14-15H,8-9H2. The molecule has 0 saturated carbocycles. The van der Waals surface area contributed by atoms with E-state index in [1.54, 1.807) is 29.5 Å². The quantitative estimate of drug-likeness (QED) is 0.780. The summed E-state index contributed by atoms with van der Waals surface area (Å²) in [5.74, 6) is 0. The van der Waals surface area contributed by atoms with Crippen LogP contribution in [0.15, 0.2) is 41.8 Å². The average Bonchev–Trinajstić information content (AvgIpc) is 2.82. The lowest BCUT2D eigenvalue weighted by Gasteiger charge is -2.05. The summed E-state index contributed by atoms with van der Waals surface area (Å²) in [6, 6.07) is 11.1. The van der Waals surface area contributed by atoms with E-state index in [0.717, 1.165) is 5.56 Å². The van der Waals surface area contributed by atoms with E-state index in [4.69, 9.17) is 14.8 Å². The van der Waals surface area contributed by atoms with Crippen LogP contribution in [0.3, 0.4) is 0 Å². The zero-order valence-electron chi connectivity index (χ0n) is 9.24. The van der Waals surface area contributed by atoms with Gasteiger partial charge in [-0.2, -0.15) is 0 Å². The summed E-state index contributed by atoms with van der Waals surface area (Å²) in [5, 5.41) is 20.1. The number of benzene rings is 1. The molecule has 0 amide bonds. The second-order valence-electron chi connectivity index (χ2n) is 3.69. The molecule has 0 bridgehead atoms. The van der Waals surface area contributed by atoms with Crippen molar-refractivity contribution in [2.45, 2.75) is 13.2 Å². The van der Waals surface area contributed by atoms with Gasteiger partial charge in [-0.05, 0) is 22.5 Å². The Balaban J connectivity index is 1.88. The maximum absolute atomic E-state index is 9.04. The molecule has 3 nitrogen and oxygen atoms in total. The predicted octanol–water partition coefficient (Wildman–Crippen LogP) is 1.14. The first-order chi connectivity index (χ1) is 8.25. The molecular formula is C12H13BO3S. The molecule has 5 heteroatoms. The molecule has 0 saturated heterocycles. The molecule has 2 N–H and O–H groups in total. The minimum absolute atomic E-state index is 0.471. The molecule has 1 heterocycles. The Morgan fingerprint density at radius 1 is 1.12 bits per heavy atom. The van der Waals surface area contributed by atoms with Crippen LogP contribution >= 0.6 is 11.3 Å². The van der Waals surface area contributed by atoms with Crippen LogP contribution < -0.4 is 5.46 Å². The maximum Gasteiger partial charge on any atom is 0.488 e. The molecule has 2 aromatic rings. The maximum atomic E-state index is 9.04. The van der Waals surface area contributed by atoms with Crippen molar-refractivity contribution in [3.05, 3.63) is 52.2 Å². The van der Waals surface area contributed by atoms with Crippen LogP contribution in [0, 0.1) is 0 Å². The van der Waals surface area contributed by atoms with Crippen LogP contribution in [0.2, 0.25) is 0 Å². The molecule has 0 atom stereocenters. The molecular weight excluding hydrogens is 235 g/mol. The smallest absolute Gasteiger partial charge is 0.423 e. The Morgan fingerprint density at radius 3 is 2.71 bits per heavy atom. The highest BCUT2D eigenvalue weighted by Gasteiger charge is 2.10. The Morgan fingerprint density at radius 2 is 2.00 bits per heavy atom. The van der Waals surface area contributed by atoms with Crippen LogP contribution in [0.5, 0.6) is 0 Å². The molecule has 0 fully saturated rings. The molecule has 0 aliphatic carbocycles. The largest absolute Gasteiger partial charge is 0.488 e. The van der Waals surface area contributed by atoms with Gasteiger partial charge in [-0.1, -0.05) is 30.3 Å². The van der Waals surface area contributed by atoms with Gasteiger partial charge in [0.1, 0.15) is 0 Å². The normalized spacial score (nSPS) is 10.5. The monoisotopic (exact) mass is 248 g/mol. The number of hydrogen-bond acceptors (Lipinski definition) is 4. The summed E-state index contributed by atoms with van der Waals surface area (Å²) < 4.78 is 5.55. The minimum Gasteiger partial charge on any atom is -0.423 e. The number of thiophene rings is 1. The first-order valence-corrected chi connectivity index (χ1v) is 6.19. The molecule has 0 spiro atoms. The van der Waals surface area contributed by atoms with Crippen molar-refractivity contribution >= 4 is 23.9 Å². The molecule has 2 rings (SSSR count). The van der Waals surface area contributed by atoms with Gasteiger partial charge in [0.25, 0.3) is 0 Å². The van der Waals surface area contributed by atoms with E-state index in [1.807, 2.05) is 23.6 Å². The first kappa shape index (κ1) is 12.3. The summed E-state index contributed by atoms with van der Waals surface area (Å²) in [7, 11) is -1.42. The predicted molar refractivity (Wildman–Crippen MR) is 69.1 cm³/mol. The van der Waals surface area contributed by atoms with Crippen molar-refractivity contribution in [2.24, 2.45) is 0 Å². The van der Waals surface area contributed by atoms with Gasteiger partial charge in [0.05, 0.1) is 13.2 Å². The number of ether oxygens (including phenoxy) is 1. The molecule has 0 radical (unpaired) electrons. The zero-order valence-corrected chi connectivity index (χ0v) is 10.1. The van der Waals surface area contributed by atoms with Gasteiger partial charge in [-0.25, -0.2) is 0 Å². The second-order valence-corrected chi connectivity index (χ2v) is 4.72. The lowest BCUT2D eigenvalue weighted by molar-refractivity contribution is 0.109. The third-order valence-electron chi connectivity index (χ3n) is 2.34. The SMILES string of the molecule is OB(O)c1cccc(COCc2cccs2)c1. The van der Waals surface area contributed by atoms with E-state index in [9.17, 15) is 0 Å². The van der Waals surface area contributed by atoms with E-state index in [1.165, 1.54) is 4.88 Å². The zero-order chi connectivity index (χ0) is 12.1. The van der Waals surface area contributed by atoms with Crippen LogP contribution in [0.4, 0.5) is 0 Å². The van der Waals surface area contributed by atoms with Gasteiger partial charge in [0.15, 0.2) is 0 Å². The van der Waals surface area contributed by atoms with Gasteiger partial charge >= 0.3 is 7.12 Å². The third kappa shape index (κ3) is 3.68. The van der Waals surface area contributed by atoms with Crippen LogP contribution in [0.1, 0.15) is 10.4 Å². The van der Waals surface area contributed by atoms with Gasteiger partial charge in [-0.3, -0.25) is 0 Å².